The van der Waals surface area contributed by atoms with Crippen LogP contribution in [0.1, 0.15) is 77.0 Å². The lowest BCUT2D eigenvalue weighted by Gasteiger charge is -2.36. The largest absolute Gasteiger partial charge is 0.324 e. The summed E-state index contributed by atoms with van der Waals surface area (Å²) in [6, 6.07) is 0.514. The lowest BCUT2D eigenvalue weighted by Crippen LogP contribution is -2.39. The van der Waals surface area contributed by atoms with Crippen molar-refractivity contribution in [3.8, 4) is 0 Å². The molecule has 2 unspecified atom stereocenters. The maximum Gasteiger partial charge on any atom is 0.0298 e. The quantitative estimate of drug-likeness (QED) is 0.702. The Hall–Kier alpha value is -0.600. The first kappa shape index (κ1) is 14.3. The van der Waals surface area contributed by atoms with Gasteiger partial charge in [0.1, 0.15) is 0 Å². The second kappa shape index (κ2) is 6.44. The van der Waals surface area contributed by atoms with Gasteiger partial charge in [0.05, 0.1) is 0 Å². The highest BCUT2D eigenvalue weighted by Gasteiger charge is 2.31. The predicted octanol–water partition coefficient (Wildman–Crippen LogP) is 3.96. The molecule has 3 aliphatic rings. The molecule has 0 bridgehead atoms. The third-order valence-corrected chi connectivity index (χ3v) is 5.50. The van der Waals surface area contributed by atoms with Gasteiger partial charge < -0.3 is 11.5 Å². The van der Waals surface area contributed by atoms with E-state index in [4.69, 9.17) is 11.5 Å². The maximum atomic E-state index is 6.52. The average Bonchev–Trinajstić information content (AvgIpc) is 2.51. The molecule has 0 heterocycles. The predicted molar refractivity (Wildman–Crippen MR) is 85.4 cm³/mol. The van der Waals surface area contributed by atoms with Crippen molar-refractivity contribution >= 4 is 0 Å². The van der Waals surface area contributed by atoms with Crippen LogP contribution in [0, 0.1) is 0 Å². The number of hydrogen-bond donors (Lipinski definition) is 2. The topological polar surface area (TPSA) is 52.0 Å². The Balaban J connectivity index is 2.01. The van der Waals surface area contributed by atoms with E-state index in [0.717, 1.165) is 12.8 Å². The molecule has 2 heteroatoms. The van der Waals surface area contributed by atoms with Crippen LogP contribution in [0.4, 0.5) is 0 Å². The first-order valence-corrected chi connectivity index (χ1v) is 8.72. The molecule has 0 aromatic heterocycles. The van der Waals surface area contributed by atoms with Gasteiger partial charge in [0, 0.05) is 12.1 Å². The minimum Gasteiger partial charge on any atom is -0.324 e. The van der Waals surface area contributed by atoms with Crippen LogP contribution in [0.15, 0.2) is 22.3 Å². The molecule has 0 spiro atoms. The Kier molecular flexibility index (Phi) is 4.62. The van der Waals surface area contributed by atoms with Crippen molar-refractivity contribution in [2.45, 2.75) is 89.1 Å². The van der Waals surface area contributed by atoms with E-state index < -0.39 is 0 Å². The highest BCUT2D eigenvalue weighted by Crippen LogP contribution is 2.40. The summed E-state index contributed by atoms with van der Waals surface area (Å²) in [6.45, 7) is 0. The summed E-state index contributed by atoms with van der Waals surface area (Å²) in [5, 5.41) is 0. The molecule has 3 aliphatic carbocycles. The van der Waals surface area contributed by atoms with Gasteiger partial charge in [-0.2, -0.15) is 0 Å². The van der Waals surface area contributed by atoms with E-state index in [2.05, 4.69) is 0 Å². The minimum absolute atomic E-state index is 0.257. The van der Waals surface area contributed by atoms with Crippen molar-refractivity contribution in [1.82, 2.24) is 0 Å². The van der Waals surface area contributed by atoms with Gasteiger partial charge in [-0.25, -0.2) is 0 Å². The fraction of sp³-hybridized carbons (Fsp3) is 0.778. The third-order valence-electron chi connectivity index (χ3n) is 5.50. The normalized spacial score (nSPS) is 32.7. The lowest BCUT2D eigenvalue weighted by molar-refractivity contribution is 0.504. The molecule has 2 nitrogen and oxygen atoms in total. The maximum absolute atomic E-state index is 6.52. The molecule has 0 aromatic rings. The molecule has 0 aliphatic heterocycles. The van der Waals surface area contributed by atoms with Crippen LogP contribution >= 0.6 is 0 Å². The molecular formula is C18H30N2. The van der Waals surface area contributed by atoms with Crippen molar-refractivity contribution in [3.05, 3.63) is 22.3 Å². The highest BCUT2D eigenvalue weighted by atomic mass is 14.7. The number of allylic oxidation sites excluding steroid dienone is 2. The standard InChI is InChI=1S/C18H30N2/c19-15-11-12-16(20)18(14-9-5-2-6-10-14)17(15)13-7-3-1-4-8-13/h15-16H,1-12,19-20H2. The fourth-order valence-electron chi connectivity index (χ4n) is 4.45. The molecular weight excluding hydrogens is 244 g/mol. The zero-order valence-electron chi connectivity index (χ0n) is 12.8. The van der Waals surface area contributed by atoms with Crippen molar-refractivity contribution in [3.63, 3.8) is 0 Å². The van der Waals surface area contributed by atoms with Crippen LogP contribution in [0.3, 0.4) is 0 Å². The van der Waals surface area contributed by atoms with Crippen LogP contribution in [-0.4, -0.2) is 12.1 Å². The van der Waals surface area contributed by atoms with Crippen LogP contribution < -0.4 is 11.5 Å². The zero-order valence-corrected chi connectivity index (χ0v) is 12.8. The monoisotopic (exact) mass is 274 g/mol. The van der Waals surface area contributed by atoms with Gasteiger partial charge in [-0.1, -0.05) is 24.0 Å². The number of rotatable bonds is 0. The van der Waals surface area contributed by atoms with E-state index in [1.54, 1.807) is 11.1 Å². The lowest BCUT2D eigenvalue weighted by atomic mass is 9.73. The molecule has 20 heavy (non-hydrogen) atoms. The highest BCUT2D eigenvalue weighted by molar-refractivity contribution is 5.47. The summed E-state index contributed by atoms with van der Waals surface area (Å²) < 4.78 is 0. The number of nitrogens with two attached hydrogens (primary N) is 2. The van der Waals surface area contributed by atoms with E-state index in [1.165, 1.54) is 75.4 Å². The molecule has 4 N–H and O–H groups in total. The Morgan fingerprint density at radius 2 is 0.900 bits per heavy atom. The van der Waals surface area contributed by atoms with Crippen LogP contribution in [0.2, 0.25) is 0 Å². The van der Waals surface area contributed by atoms with E-state index in [0.29, 0.717) is 0 Å². The van der Waals surface area contributed by atoms with E-state index in [9.17, 15) is 0 Å². The summed E-state index contributed by atoms with van der Waals surface area (Å²) in [5.41, 5.74) is 19.4. The fourth-order valence-corrected chi connectivity index (χ4v) is 4.45. The third kappa shape index (κ3) is 2.87. The smallest absolute Gasteiger partial charge is 0.0298 e. The summed E-state index contributed by atoms with van der Waals surface area (Å²) >= 11 is 0. The SMILES string of the molecule is NC1CCC(N)C(=C2CCCCC2)C1=C1CCCCC1. The molecule has 0 amide bonds. The van der Waals surface area contributed by atoms with Crippen molar-refractivity contribution in [2.75, 3.05) is 0 Å². The molecule has 0 saturated heterocycles. The number of hydrogen-bond acceptors (Lipinski definition) is 2. The molecule has 3 rings (SSSR count). The molecule has 3 saturated carbocycles. The van der Waals surface area contributed by atoms with Gasteiger partial charge >= 0.3 is 0 Å². The Morgan fingerprint density at radius 1 is 0.550 bits per heavy atom. The minimum atomic E-state index is 0.257. The Bertz CT molecular complexity index is 363. The Morgan fingerprint density at radius 3 is 1.25 bits per heavy atom. The van der Waals surface area contributed by atoms with Gasteiger partial charge in [-0.3, -0.25) is 0 Å². The van der Waals surface area contributed by atoms with Crippen molar-refractivity contribution in [1.29, 1.82) is 0 Å². The first-order chi connectivity index (χ1) is 9.77. The summed E-state index contributed by atoms with van der Waals surface area (Å²) in [4.78, 5) is 0. The van der Waals surface area contributed by atoms with Crippen LogP contribution in [-0.2, 0) is 0 Å². The van der Waals surface area contributed by atoms with Crippen molar-refractivity contribution in [2.24, 2.45) is 11.5 Å². The Labute approximate surface area is 123 Å². The second-order valence-corrected chi connectivity index (χ2v) is 6.95. The molecule has 3 fully saturated rings. The molecule has 2 atom stereocenters. The molecule has 112 valence electrons. The van der Waals surface area contributed by atoms with Gasteiger partial charge in [-0.05, 0) is 75.4 Å². The summed E-state index contributed by atoms with van der Waals surface area (Å²) in [5.74, 6) is 0. The van der Waals surface area contributed by atoms with Gasteiger partial charge in [0.2, 0.25) is 0 Å². The van der Waals surface area contributed by atoms with Crippen LogP contribution in [0.5, 0.6) is 0 Å². The summed E-state index contributed by atoms with van der Waals surface area (Å²) in [7, 11) is 0. The second-order valence-electron chi connectivity index (χ2n) is 6.95. The summed E-state index contributed by atoms with van der Waals surface area (Å²) in [6.07, 6.45) is 15.4. The average molecular weight is 274 g/mol. The van der Waals surface area contributed by atoms with E-state index in [-0.39, 0.29) is 12.1 Å². The zero-order chi connectivity index (χ0) is 13.9. The van der Waals surface area contributed by atoms with Gasteiger partial charge in [-0.15, -0.1) is 0 Å². The van der Waals surface area contributed by atoms with Crippen LogP contribution in [0.25, 0.3) is 0 Å². The van der Waals surface area contributed by atoms with E-state index in [1.807, 2.05) is 0 Å². The molecule has 0 radical (unpaired) electrons. The van der Waals surface area contributed by atoms with Gasteiger partial charge in [0.25, 0.3) is 0 Å². The van der Waals surface area contributed by atoms with Crippen molar-refractivity contribution < 1.29 is 0 Å². The van der Waals surface area contributed by atoms with E-state index >= 15 is 0 Å². The van der Waals surface area contributed by atoms with Gasteiger partial charge in [0.15, 0.2) is 0 Å². The first-order valence-electron chi connectivity index (χ1n) is 8.72. The molecule has 0 aromatic carbocycles.